The fourth-order valence-corrected chi connectivity index (χ4v) is 3.49. The van der Waals surface area contributed by atoms with Crippen molar-refractivity contribution in [2.24, 2.45) is 5.92 Å². The van der Waals surface area contributed by atoms with Gasteiger partial charge in [0.25, 0.3) is 0 Å². The Hall–Kier alpha value is -2.11. The summed E-state index contributed by atoms with van der Waals surface area (Å²) in [6, 6.07) is 0. The number of aromatic nitrogens is 3. The number of rotatable bonds is 4. The number of piperidine rings is 1. The van der Waals surface area contributed by atoms with E-state index in [0.717, 1.165) is 49.2 Å². The third-order valence-electron chi connectivity index (χ3n) is 4.74. The van der Waals surface area contributed by atoms with E-state index in [1.54, 1.807) is 6.33 Å². The first-order valence-corrected chi connectivity index (χ1v) is 9.09. The number of carbonyl (C=O) groups is 1. The Morgan fingerprint density at radius 3 is 2.72 bits per heavy atom. The molecule has 1 fully saturated rings. The highest BCUT2D eigenvalue weighted by atomic mass is 16.6. The maximum atomic E-state index is 11.9. The number of hydrogen-bond acceptors (Lipinski definition) is 5. The van der Waals surface area contributed by atoms with Crippen LogP contribution in [-0.2, 0) is 9.53 Å². The number of carbonyl (C=O) groups excluding carboxylic acids is 1. The fourth-order valence-electron chi connectivity index (χ4n) is 3.49. The number of H-pyrrole nitrogens is 1. The average molecular weight is 344 g/mol. The van der Waals surface area contributed by atoms with Crippen molar-refractivity contribution in [2.75, 3.05) is 18.0 Å². The summed E-state index contributed by atoms with van der Waals surface area (Å²) in [6.07, 6.45) is 7.19. The van der Waals surface area contributed by atoms with Gasteiger partial charge in [-0.1, -0.05) is 0 Å². The highest BCUT2D eigenvalue weighted by Gasteiger charge is 2.24. The largest absolute Gasteiger partial charge is 0.460 e. The average Bonchev–Trinajstić information content (AvgIpc) is 2.93. The van der Waals surface area contributed by atoms with Crippen molar-refractivity contribution in [3.05, 3.63) is 18.1 Å². The molecule has 2 aromatic heterocycles. The molecule has 3 rings (SSSR count). The molecule has 0 unspecified atom stereocenters. The molecule has 0 saturated carbocycles. The van der Waals surface area contributed by atoms with Crippen LogP contribution in [0, 0.1) is 12.8 Å². The Morgan fingerprint density at radius 1 is 1.32 bits per heavy atom. The van der Waals surface area contributed by atoms with E-state index in [9.17, 15) is 4.79 Å². The summed E-state index contributed by atoms with van der Waals surface area (Å²) < 4.78 is 5.40. The highest BCUT2D eigenvalue weighted by molar-refractivity contribution is 5.90. The molecule has 25 heavy (non-hydrogen) atoms. The molecule has 1 aliphatic heterocycles. The normalized spacial score (nSPS) is 16.4. The molecule has 0 amide bonds. The molecular formula is C19H28N4O2. The Bertz CT molecular complexity index is 739. The molecule has 0 spiro atoms. The Kier molecular flexibility index (Phi) is 4.97. The summed E-state index contributed by atoms with van der Waals surface area (Å²) in [6.45, 7) is 9.75. The van der Waals surface area contributed by atoms with Crippen molar-refractivity contribution >= 4 is 22.8 Å². The summed E-state index contributed by atoms with van der Waals surface area (Å²) in [7, 11) is 0. The third kappa shape index (κ3) is 4.30. The number of aryl methyl sites for hydroxylation is 1. The van der Waals surface area contributed by atoms with Crippen LogP contribution in [0.5, 0.6) is 0 Å². The van der Waals surface area contributed by atoms with Crippen LogP contribution in [0.15, 0.2) is 12.5 Å². The predicted octanol–water partition coefficient (Wildman–Crippen LogP) is 3.60. The van der Waals surface area contributed by atoms with Gasteiger partial charge in [0.15, 0.2) is 0 Å². The molecule has 3 heterocycles. The Balaban J connectivity index is 1.55. The highest BCUT2D eigenvalue weighted by Crippen LogP contribution is 2.30. The van der Waals surface area contributed by atoms with Gasteiger partial charge < -0.3 is 14.6 Å². The zero-order valence-corrected chi connectivity index (χ0v) is 15.6. The topological polar surface area (TPSA) is 71.1 Å². The van der Waals surface area contributed by atoms with Crippen LogP contribution in [0.4, 0.5) is 5.82 Å². The van der Waals surface area contributed by atoms with Gasteiger partial charge in [-0.3, -0.25) is 4.79 Å². The molecule has 0 aliphatic carbocycles. The number of aromatic amines is 1. The SMILES string of the molecule is Cc1c[nH]c2ncnc(N3CCC(CCC(=O)OC(C)(C)C)CC3)c12. The summed E-state index contributed by atoms with van der Waals surface area (Å²) in [5.41, 5.74) is 1.68. The Morgan fingerprint density at radius 2 is 2.04 bits per heavy atom. The van der Waals surface area contributed by atoms with Crippen LogP contribution in [0.2, 0.25) is 0 Å². The van der Waals surface area contributed by atoms with E-state index in [1.165, 1.54) is 5.56 Å². The monoisotopic (exact) mass is 344 g/mol. The van der Waals surface area contributed by atoms with Gasteiger partial charge in [-0.25, -0.2) is 9.97 Å². The quantitative estimate of drug-likeness (QED) is 0.858. The summed E-state index contributed by atoms with van der Waals surface area (Å²) >= 11 is 0. The lowest BCUT2D eigenvalue weighted by Crippen LogP contribution is -2.34. The summed E-state index contributed by atoms with van der Waals surface area (Å²) in [5.74, 6) is 1.51. The molecule has 1 N–H and O–H groups in total. The van der Waals surface area contributed by atoms with Crippen LogP contribution < -0.4 is 4.90 Å². The summed E-state index contributed by atoms with van der Waals surface area (Å²) in [5, 5.41) is 1.12. The maximum Gasteiger partial charge on any atom is 0.306 e. The second-order valence-electron chi connectivity index (χ2n) is 7.95. The lowest BCUT2D eigenvalue weighted by atomic mass is 9.92. The molecule has 0 atom stereocenters. The van der Waals surface area contributed by atoms with Gasteiger partial charge in [0, 0.05) is 25.7 Å². The predicted molar refractivity (Wildman–Crippen MR) is 98.6 cm³/mol. The molecular weight excluding hydrogens is 316 g/mol. The number of fused-ring (bicyclic) bond motifs is 1. The minimum atomic E-state index is -0.396. The minimum absolute atomic E-state index is 0.0876. The van der Waals surface area contributed by atoms with Crippen molar-refractivity contribution in [3.63, 3.8) is 0 Å². The van der Waals surface area contributed by atoms with Gasteiger partial charge in [0.1, 0.15) is 23.4 Å². The first-order valence-electron chi connectivity index (χ1n) is 9.09. The molecule has 6 nitrogen and oxygen atoms in total. The molecule has 6 heteroatoms. The van der Waals surface area contributed by atoms with Crippen LogP contribution in [0.1, 0.15) is 52.0 Å². The summed E-state index contributed by atoms with van der Waals surface area (Å²) in [4.78, 5) is 26.3. The van der Waals surface area contributed by atoms with E-state index in [-0.39, 0.29) is 5.97 Å². The third-order valence-corrected chi connectivity index (χ3v) is 4.74. The van der Waals surface area contributed by atoms with Gasteiger partial charge in [-0.2, -0.15) is 0 Å². The Labute approximate surface area is 149 Å². The number of nitrogens with zero attached hydrogens (tertiary/aromatic N) is 3. The van der Waals surface area contributed by atoms with Crippen molar-refractivity contribution < 1.29 is 9.53 Å². The van der Waals surface area contributed by atoms with Crippen molar-refractivity contribution in [2.45, 2.75) is 59.0 Å². The van der Waals surface area contributed by atoms with Gasteiger partial charge >= 0.3 is 5.97 Å². The smallest absolute Gasteiger partial charge is 0.306 e. The lowest BCUT2D eigenvalue weighted by Gasteiger charge is -2.33. The van der Waals surface area contributed by atoms with E-state index < -0.39 is 5.60 Å². The maximum absolute atomic E-state index is 11.9. The zero-order chi connectivity index (χ0) is 18.0. The molecule has 0 radical (unpaired) electrons. The molecule has 0 aromatic carbocycles. The number of hydrogen-bond donors (Lipinski definition) is 1. The molecule has 1 saturated heterocycles. The molecule has 1 aliphatic rings. The van der Waals surface area contributed by atoms with Crippen LogP contribution >= 0.6 is 0 Å². The number of esters is 1. The van der Waals surface area contributed by atoms with Crippen LogP contribution in [0.25, 0.3) is 11.0 Å². The van der Waals surface area contributed by atoms with E-state index in [4.69, 9.17) is 4.74 Å². The van der Waals surface area contributed by atoms with Gasteiger partial charge in [-0.15, -0.1) is 0 Å². The number of nitrogens with one attached hydrogen (secondary N) is 1. The van der Waals surface area contributed by atoms with Gasteiger partial charge in [-0.05, 0) is 58.4 Å². The molecule has 136 valence electrons. The van der Waals surface area contributed by atoms with Gasteiger partial charge in [0.05, 0.1) is 5.39 Å². The standard InChI is InChI=1S/C19H28N4O2/c1-13-11-20-17-16(13)18(22-12-21-17)23-9-7-14(8-10-23)5-6-15(24)25-19(2,3)4/h11-12,14H,5-10H2,1-4H3,(H,20,21,22). The van der Waals surface area contributed by atoms with E-state index in [1.807, 2.05) is 27.0 Å². The van der Waals surface area contributed by atoms with E-state index >= 15 is 0 Å². The lowest BCUT2D eigenvalue weighted by molar-refractivity contribution is -0.155. The minimum Gasteiger partial charge on any atom is -0.460 e. The van der Waals surface area contributed by atoms with Crippen molar-refractivity contribution in [1.29, 1.82) is 0 Å². The second-order valence-corrected chi connectivity index (χ2v) is 7.95. The van der Waals surface area contributed by atoms with Crippen LogP contribution in [-0.4, -0.2) is 39.6 Å². The van der Waals surface area contributed by atoms with Crippen molar-refractivity contribution in [3.8, 4) is 0 Å². The van der Waals surface area contributed by atoms with E-state index in [2.05, 4.69) is 26.8 Å². The fraction of sp³-hybridized carbons (Fsp3) is 0.632. The first kappa shape index (κ1) is 17.7. The second kappa shape index (κ2) is 7.02. The molecule has 2 aromatic rings. The number of ether oxygens (including phenoxy) is 1. The van der Waals surface area contributed by atoms with Gasteiger partial charge in [0.2, 0.25) is 0 Å². The zero-order valence-electron chi connectivity index (χ0n) is 15.6. The molecule has 0 bridgehead atoms. The van der Waals surface area contributed by atoms with Crippen molar-refractivity contribution in [1.82, 2.24) is 15.0 Å². The van der Waals surface area contributed by atoms with E-state index in [0.29, 0.717) is 12.3 Å². The van der Waals surface area contributed by atoms with Crippen LogP contribution in [0.3, 0.4) is 0 Å². The first-order chi connectivity index (χ1) is 11.8. The number of anilines is 1.